The van der Waals surface area contributed by atoms with E-state index >= 15 is 0 Å². The van der Waals surface area contributed by atoms with Crippen molar-refractivity contribution in [2.24, 2.45) is 0 Å². The summed E-state index contributed by atoms with van der Waals surface area (Å²) in [4.78, 5) is 11.2. The van der Waals surface area contributed by atoms with Gasteiger partial charge in [0.05, 0.1) is 11.8 Å². The molecule has 1 heterocycles. The first-order chi connectivity index (χ1) is 7.24. The van der Waals surface area contributed by atoms with E-state index < -0.39 is 12.1 Å². The lowest BCUT2D eigenvalue weighted by Crippen LogP contribution is -2.13. The fraction of sp³-hybridized carbons (Fsp3) is 0.200. The molecule has 0 aliphatic carbocycles. The average molecular weight is 223 g/mol. The van der Waals surface area contributed by atoms with E-state index in [0.717, 1.165) is 10.1 Å². The zero-order valence-electron chi connectivity index (χ0n) is 8.01. The van der Waals surface area contributed by atoms with Crippen molar-refractivity contribution < 1.29 is 14.6 Å². The molecule has 0 bridgehead atoms. The van der Waals surface area contributed by atoms with Crippen molar-refractivity contribution >= 4 is 27.6 Å². The number of aliphatic hydroxyl groups excluding tert-OH is 1. The Balaban J connectivity index is 2.51. The zero-order valence-corrected chi connectivity index (χ0v) is 8.82. The number of rotatable bonds is 2. The summed E-state index contributed by atoms with van der Waals surface area (Å²) in [6, 6.07) is 5.35. The van der Waals surface area contributed by atoms with Gasteiger partial charge in [0.1, 0.15) is 0 Å². The molecule has 78 valence electrons. The lowest BCUT2D eigenvalue weighted by atomic mass is 10.1. The molecule has 0 amide bonds. The van der Waals surface area contributed by atoms with E-state index in [-0.39, 0.29) is 0 Å². The van der Waals surface area contributed by atoms with Crippen molar-refractivity contribution in [1.29, 1.82) is 0 Å². The SMILES string of the molecule is COC(=O)C(O)c1cccc2cnsc12. The van der Waals surface area contributed by atoms with Gasteiger partial charge in [-0.15, -0.1) is 0 Å². The number of ether oxygens (including phenoxy) is 1. The second-order valence-electron chi connectivity index (χ2n) is 3.02. The second kappa shape index (κ2) is 3.96. The molecule has 1 aromatic carbocycles. The standard InChI is InChI=1S/C10H9NO3S/c1-14-10(13)8(12)7-4-2-3-6-5-11-15-9(6)7/h2-5,8,12H,1H3. The number of nitrogens with zero attached hydrogens (tertiary/aromatic N) is 1. The smallest absolute Gasteiger partial charge is 0.339 e. The molecule has 1 atom stereocenters. The number of methoxy groups -OCH3 is 1. The summed E-state index contributed by atoms with van der Waals surface area (Å²) >= 11 is 1.25. The monoisotopic (exact) mass is 223 g/mol. The first-order valence-corrected chi connectivity index (χ1v) is 5.10. The average Bonchev–Trinajstić information content (AvgIpc) is 2.74. The number of aliphatic hydroxyl groups is 1. The molecule has 5 heteroatoms. The first-order valence-electron chi connectivity index (χ1n) is 4.33. The number of fused-ring (bicyclic) bond motifs is 1. The van der Waals surface area contributed by atoms with Gasteiger partial charge in [-0.25, -0.2) is 4.79 Å². The summed E-state index contributed by atoms with van der Waals surface area (Å²) < 4.78 is 9.31. The molecule has 2 rings (SSSR count). The van der Waals surface area contributed by atoms with Gasteiger partial charge in [0.2, 0.25) is 0 Å². The lowest BCUT2D eigenvalue weighted by molar-refractivity contribution is -0.150. The van der Waals surface area contributed by atoms with E-state index in [2.05, 4.69) is 9.11 Å². The van der Waals surface area contributed by atoms with Crippen molar-refractivity contribution in [3.8, 4) is 0 Å². The summed E-state index contributed by atoms with van der Waals surface area (Å²) in [6.45, 7) is 0. The summed E-state index contributed by atoms with van der Waals surface area (Å²) in [5.74, 6) is -0.657. The van der Waals surface area contributed by atoms with Crippen molar-refractivity contribution in [3.05, 3.63) is 30.0 Å². The maximum Gasteiger partial charge on any atom is 0.339 e. The van der Waals surface area contributed by atoms with Gasteiger partial charge < -0.3 is 9.84 Å². The largest absolute Gasteiger partial charge is 0.467 e. The van der Waals surface area contributed by atoms with Gasteiger partial charge in [-0.05, 0) is 11.5 Å². The zero-order chi connectivity index (χ0) is 10.8. The predicted molar refractivity (Wildman–Crippen MR) is 56.6 cm³/mol. The minimum absolute atomic E-state index is 0.543. The molecule has 0 saturated carbocycles. The highest BCUT2D eigenvalue weighted by Crippen LogP contribution is 2.27. The van der Waals surface area contributed by atoms with E-state index in [4.69, 9.17) is 0 Å². The van der Waals surface area contributed by atoms with Crippen LogP contribution >= 0.6 is 11.5 Å². The molecule has 0 saturated heterocycles. The van der Waals surface area contributed by atoms with Gasteiger partial charge in [0, 0.05) is 17.1 Å². The van der Waals surface area contributed by atoms with Gasteiger partial charge >= 0.3 is 5.97 Å². The molecule has 0 fully saturated rings. The van der Waals surface area contributed by atoms with Gasteiger partial charge in [-0.1, -0.05) is 18.2 Å². The number of carbonyl (C=O) groups excluding carboxylic acids is 1. The summed E-state index contributed by atoms with van der Waals surface area (Å²) in [7, 11) is 1.25. The highest BCUT2D eigenvalue weighted by atomic mass is 32.1. The maximum absolute atomic E-state index is 11.2. The normalized spacial score (nSPS) is 12.7. The third-order valence-electron chi connectivity index (χ3n) is 2.13. The number of benzene rings is 1. The van der Waals surface area contributed by atoms with Crippen LogP contribution in [0.2, 0.25) is 0 Å². The van der Waals surface area contributed by atoms with E-state index in [1.54, 1.807) is 18.3 Å². The number of aromatic nitrogens is 1. The van der Waals surface area contributed by atoms with Crippen LogP contribution in [-0.4, -0.2) is 22.6 Å². The number of hydrogen-bond donors (Lipinski definition) is 1. The molecular weight excluding hydrogens is 214 g/mol. The van der Waals surface area contributed by atoms with Crippen LogP contribution in [0.5, 0.6) is 0 Å². The Bertz CT molecular complexity index is 494. The van der Waals surface area contributed by atoms with E-state index in [1.165, 1.54) is 18.6 Å². The Hall–Kier alpha value is -1.46. The fourth-order valence-electron chi connectivity index (χ4n) is 1.37. The van der Waals surface area contributed by atoms with Crippen LogP contribution in [0.15, 0.2) is 24.4 Å². The third kappa shape index (κ3) is 1.71. The van der Waals surface area contributed by atoms with Crippen LogP contribution in [0.3, 0.4) is 0 Å². The molecule has 1 unspecified atom stereocenters. The lowest BCUT2D eigenvalue weighted by Gasteiger charge is -2.08. The van der Waals surface area contributed by atoms with E-state index in [0.29, 0.717) is 5.56 Å². The van der Waals surface area contributed by atoms with E-state index in [1.807, 2.05) is 6.07 Å². The summed E-state index contributed by atoms with van der Waals surface area (Å²) in [5.41, 5.74) is 0.543. The highest BCUT2D eigenvalue weighted by Gasteiger charge is 2.20. The summed E-state index contributed by atoms with van der Waals surface area (Å²) in [5, 5.41) is 10.6. The van der Waals surface area contributed by atoms with Gasteiger partial charge in [-0.2, -0.15) is 4.37 Å². The van der Waals surface area contributed by atoms with Crippen LogP contribution in [0.1, 0.15) is 11.7 Å². The van der Waals surface area contributed by atoms with Crippen LogP contribution in [-0.2, 0) is 9.53 Å². The third-order valence-corrected chi connectivity index (χ3v) is 3.00. The Morgan fingerprint density at radius 1 is 1.60 bits per heavy atom. The Morgan fingerprint density at radius 3 is 3.13 bits per heavy atom. The molecule has 1 aromatic heterocycles. The maximum atomic E-state index is 11.2. The Kier molecular flexibility index (Phi) is 2.66. The Morgan fingerprint density at radius 2 is 2.40 bits per heavy atom. The molecule has 15 heavy (non-hydrogen) atoms. The van der Waals surface area contributed by atoms with E-state index in [9.17, 15) is 9.90 Å². The fourth-order valence-corrected chi connectivity index (χ4v) is 2.15. The quantitative estimate of drug-likeness (QED) is 0.784. The topological polar surface area (TPSA) is 59.4 Å². The molecular formula is C10H9NO3S. The van der Waals surface area contributed by atoms with Crippen LogP contribution in [0.25, 0.3) is 10.1 Å². The first kappa shape index (κ1) is 10.1. The Labute approximate surface area is 90.3 Å². The molecule has 1 N–H and O–H groups in total. The van der Waals surface area contributed by atoms with Crippen molar-refractivity contribution in [3.63, 3.8) is 0 Å². The summed E-state index contributed by atoms with van der Waals surface area (Å²) in [6.07, 6.45) is 0.465. The van der Waals surface area contributed by atoms with Gasteiger partial charge in [-0.3, -0.25) is 0 Å². The molecule has 0 spiro atoms. The number of esters is 1. The van der Waals surface area contributed by atoms with Gasteiger partial charge in [0.25, 0.3) is 0 Å². The van der Waals surface area contributed by atoms with Crippen LogP contribution < -0.4 is 0 Å². The molecule has 0 aliphatic heterocycles. The van der Waals surface area contributed by atoms with Crippen molar-refractivity contribution in [1.82, 2.24) is 4.37 Å². The van der Waals surface area contributed by atoms with Crippen LogP contribution in [0.4, 0.5) is 0 Å². The number of hydrogen-bond acceptors (Lipinski definition) is 5. The minimum Gasteiger partial charge on any atom is -0.467 e. The minimum atomic E-state index is -1.24. The van der Waals surface area contributed by atoms with Crippen LogP contribution in [0, 0.1) is 0 Å². The molecule has 2 aromatic rings. The molecule has 0 aliphatic rings. The highest BCUT2D eigenvalue weighted by molar-refractivity contribution is 7.13. The molecule has 0 radical (unpaired) electrons. The molecule has 4 nitrogen and oxygen atoms in total. The predicted octanol–water partition coefficient (Wildman–Crippen LogP) is 1.50. The van der Waals surface area contributed by atoms with Crippen molar-refractivity contribution in [2.75, 3.05) is 7.11 Å². The van der Waals surface area contributed by atoms with Crippen molar-refractivity contribution in [2.45, 2.75) is 6.10 Å². The number of carbonyl (C=O) groups is 1. The van der Waals surface area contributed by atoms with Gasteiger partial charge in [0.15, 0.2) is 6.10 Å². The second-order valence-corrected chi connectivity index (χ2v) is 3.82.